The number of hydrogen-bond acceptors (Lipinski definition) is 2. The highest BCUT2D eigenvalue weighted by atomic mass is 15.2. The quantitative estimate of drug-likeness (QED) is 0.170. The van der Waals surface area contributed by atoms with Crippen LogP contribution in [0.1, 0.15) is 22.3 Å². The number of nitrogens with zero attached hydrogens (tertiary/aromatic N) is 4. The molecule has 0 bridgehead atoms. The van der Waals surface area contributed by atoms with Crippen molar-refractivity contribution < 1.29 is 0 Å². The van der Waals surface area contributed by atoms with Gasteiger partial charge in [0.15, 0.2) is 0 Å². The molecule has 0 saturated carbocycles. The molecule has 0 spiro atoms. The molecule has 0 aliphatic heterocycles. The maximum atomic E-state index is 2.39. The van der Waals surface area contributed by atoms with Gasteiger partial charge >= 0.3 is 0 Å². The number of anilines is 6. The maximum Gasteiger partial charge on any atom is 0.0509 e. The van der Waals surface area contributed by atoms with E-state index in [4.69, 9.17) is 0 Å². The fourth-order valence-corrected chi connectivity index (χ4v) is 9.23. The van der Waals surface area contributed by atoms with Crippen LogP contribution in [0.5, 0.6) is 0 Å². The second-order valence-electron chi connectivity index (χ2n) is 15.5. The Kier molecular flexibility index (Phi) is 7.79. The topological polar surface area (TPSA) is 16.3 Å². The minimum Gasteiger partial charge on any atom is -0.344 e. The van der Waals surface area contributed by atoms with Crippen molar-refractivity contribution in [1.82, 2.24) is 9.13 Å². The molecule has 0 aliphatic carbocycles. The largest absolute Gasteiger partial charge is 0.344 e. The number of fused-ring (bicyclic) bond motifs is 9. The molecule has 10 rings (SSSR count). The normalized spacial score (nSPS) is 11.8. The van der Waals surface area contributed by atoms with E-state index < -0.39 is 0 Å². The van der Waals surface area contributed by atoms with E-state index in [1.165, 1.54) is 88.0 Å². The van der Waals surface area contributed by atoms with Gasteiger partial charge in [0.25, 0.3) is 0 Å². The van der Waals surface area contributed by atoms with Gasteiger partial charge in [-0.25, -0.2) is 0 Å². The Balaban J connectivity index is 1.16. The summed E-state index contributed by atoms with van der Waals surface area (Å²) in [6.45, 7) is 8.72. The summed E-state index contributed by atoms with van der Waals surface area (Å²) in [5.74, 6) is 0. The Bertz CT molecular complexity index is 3130. The highest BCUT2D eigenvalue weighted by Crippen LogP contribution is 2.44. The van der Waals surface area contributed by atoms with E-state index in [1.54, 1.807) is 0 Å². The Hall–Kier alpha value is -6.78. The average molecular weight is 725 g/mol. The van der Waals surface area contributed by atoms with E-state index >= 15 is 0 Å². The summed E-state index contributed by atoms with van der Waals surface area (Å²) in [6.07, 6.45) is 0. The number of para-hydroxylation sites is 2. The predicted octanol–water partition coefficient (Wildman–Crippen LogP) is 14.3. The van der Waals surface area contributed by atoms with Crippen molar-refractivity contribution in [2.24, 2.45) is 14.1 Å². The molecule has 0 amide bonds. The van der Waals surface area contributed by atoms with Crippen molar-refractivity contribution in [3.8, 4) is 0 Å². The van der Waals surface area contributed by atoms with Gasteiger partial charge in [-0.15, -0.1) is 0 Å². The molecule has 0 N–H and O–H groups in total. The first-order valence-electron chi connectivity index (χ1n) is 19.5. The summed E-state index contributed by atoms with van der Waals surface area (Å²) in [5, 5.41) is 7.67. The summed E-state index contributed by atoms with van der Waals surface area (Å²) in [5.41, 5.74) is 16.8. The van der Waals surface area contributed by atoms with Gasteiger partial charge in [0.2, 0.25) is 0 Å². The monoisotopic (exact) mass is 724 g/mol. The van der Waals surface area contributed by atoms with Gasteiger partial charge in [0.1, 0.15) is 0 Å². The number of hydrogen-bond donors (Lipinski definition) is 0. The van der Waals surface area contributed by atoms with Gasteiger partial charge in [-0.1, -0.05) is 84.4 Å². The SMILES string of the molecule is Cc1cc(C)cc(N(c2ccccc2)c2ccc3c4c5ccc6c(c5ccc4n(C)c3c2)c2ccc(N(c3ccccc3)c3ccc(C)cc3C)cc2n6C)c1. The third-order valence-electron chi connectivity index (χ3n) is 11.7. The summed E-state index contributed by atoms with van der Waals surface area (Å²) in [7, 11) is 4.41. The highest BCUT2D eigenvalue weighted by Gasteiger charge is 2.21. The lowest BCUT2D eigenvalue weighted by Crippen LogP contribution is -2.11. The van der Waals surface area contributed by atoms with Crippen molar-refractivity contribution >= 4 is 88.5 Å². The molecule has 8 aromatic carbocycles. The minimum atomic E-state index is 1.14. The number of benzene rings is 8. The van der Waals surface area contributed by atoms with E-state index in [9.17, 15) is 0 Å². The zero-order valence-electron chi connectivity index (χ0n) is 32.8. The first-order chi connectivity index (χ1) is 27.2. The molecular weight excluding hydrogens is 681 g/mol. The second-order valence-corrected chi connectivity index (χ2v) is 15.5. The molecule has 0 unspecified atom stereocenters. The molecule has 0 saturated heterocycles. The van der Waals surface area contributed by atoms with Gasteiger partial charge in [-0.3, -0.25) is 0 Å². The number of rotatable bonds is 6. The molecule has 0 fully saturated rings. The third-order valence-corrected chi connectivity index (χ3v) is 11.7. The van der Waals surface area contributed by atoms with E-state index in [-0.39, 0.29) is 0 Å². The van der Waals surface area contributed by atoms with E-state index in [0.717, 1.165) is 22.7 Å². The molecule has 0 aliphatic rings. The summed E-state index contributed by atoms with van der Waals surface area (Å²) < 4.78 is 4.73. The van der Waals surface area contributed by atoms with Gasteiger partial charge < -0.3 is 18.9 Å². The summed E-state index contributed by atoms with van der Waals surface area (Å²) in [4.78, 5) is 4.76. The Morgan fingerprint density at radius 1 is 0.339 bits per heavy atom. The Morgan fingerprint density at radius 3 is 1.34 bits per heavy atom. The van der Waals surface area contributed by atoms with Crippen molar-refractivity contribution in [2.75, 3.05) is 9.80 Å². The van der Waals surface area contributed by atoms with Gasteiger partial charge in [-0.2, -0.15) is 0 Å². The van der Waals surface area contributed by atoms with Crippen LogP contribution in [0.15, 0.2) is 158 Å². The van der Waals surface area contributed by atoms with Crippen molar-refractivity contribution in [3.63, 3.8) is 0 Å². The predicted molar refractivity (Wildman–Crippen MR) is 240 cm³/mol. The minimum absolute atomic E-state index is 1.14. The van der Waals surface area contributed by atoms with Crippen LogP contribution in [0.2, 0.25) is 0 Å². The van der Waals surface area contributed by atoms with Crippen LogP contribution in [-0.2, 0) is 14.1 Å². The lowest BCUT2D eigenvalue weighted by atomic mass is 9.99. The number of aromatic nitrogens is 2. The first kappa shape index (κ1) is 33.8. The van der Waals surface area contributed by atoms with Crippen LogP contribution >= 0.6 is 0 Å². The fourth-order valence-electron chi connectivity index (χ4n) is 9.23. The van der Waals surface area contributed by atoms with Gasteiger partial charge in [-0.05, 0) is 134 Å². The molecule has 272 valence electrons. The first-order valence-corrected chi connectivity index (χ1v) is 19.5. The molecule has 56 heavy (non-hydrogen) atoms. The third kappa shape index (κ3) is 5.28. The van der Waals surface area contributed by atoms with Crippen molar-refractivity contribution in [2.45, 2.75) is 27.7 Å². The molecule has 4 heteroatoms. The fraction of sp³-hybridized carbons (Fsp3) is 0.115. The van der Waals surface area contributed by atoms with Crippen LogP contribution in [-0.4, -0.2) is 9.13 Å². The van der Waals surface area contributed by atoms with Crippen LogP contribution in [0.25, 0.3) is 54.4 Å². The standard InChI is InChI=1S/C52H44N4/c1-33-17-24-46(36(4)28-33)56(38-15-11-8-12-16-38)40-19-21-45-50(32-40)54(6)48-26-23-42-43(52(45)48)22-25-47-51(42)44-20-18-39(31-49(44)53(47)5)55(37-13-9-7-10-14-37)41-29-34(2)27-35(3)30-41/h7-32H,1-6H3. The zero-order chi connectivity index (χ0) is 38.2. The highest BCUT2D eigenvalue weighted by molar-refractivity contribution is 6.29. The molecule has 4 nitrogen and oxygen atoms in total. The van der Waals surface area contributed by atoms with Gasteiger partial charge in [0, 0.05) is 80.8 Å². The van der Waals surface area contributed by atoms with E-state index in [0.29, 0.717) is 0 Å². The second kappa shape index (κ2) is 12.9. The van der Waals surface area contributed by atoms with Crippen molar-refractivity contribution in [3.05, 3.63) is 180 Å². The van der Waals surface area contributed by atoms with Crippen LogP contribution in [0.4, 0.5) is 34.1 Å². The summed E-state index contributed by atoms with van der Waals surface area (Å²) >= 11 is 0. The van der Waals surface area contributed by atoms with Crippen LogP contribution in [0, 0.1) is 27.7 Å². The Morgan fingerprint density at radius 2 is 0.821 bits per heavy atom. The van der Waals surface area contributed by atoms with Crippen molar-refractivity contribution in [1.29, 1.82) is 0 Å². The average Bonchev–Trinajstić information content (AvgIpc) is 3.66. The lowest BCUT2D eigenvalue weighted by Gasteiger charge is -2.27. The smallest absolute Gasteiger partial charge is 0.0509 e. The lowest BCUT2D eigenvalue weighted by molar-refractivity contribution is 1.01. The molecule has 2 heterocycles. The molecule has 10 aromatic rings. The molecule has 0 radical (unpaired) electrons. The molecular formula is C52H44N4. The van der Waals surface area contributed by atoms with Crippen LogP contribution < -0.4 is 9.80 Å². The maximum absolute atomic E-state index is 2.39. The number of aryl methyl sites for hydroxylation is 6. The molecule has 0 atom stereocenters. The zero-order valence-corrected chi connectivity index (χ0v) is 32.8. The van der Waals surface area contributed by atoms with E-state index in [2.05, 4.69) is 218 Å². The van der Waals surface area contributed by atoms with E-state index in [1.807, 2.05) is 0 Å². The van der Waals surface area contributed by atoms with Gasteiger partial charge in [0.05, 0.1) is 11.0 Å². The summed E-state index contributed by atoms with van der Waals surface area (Å²) in [6, 6.07) is 58.2. The Labute approximate surface area is 328 Å². The van der Waals surface area contributed by atoms with Crippen LogP contribution in [0.3, 0.4) is 0 Å². The molecule has 2 aromatic heterocycles.